The molecule has 1 aromatic carbocycles. The fourth-order valence-electron chi connectivity index (χ4n) is 1.14. The molecule has 0 fully saturated rings. The van der Waals surface area contributed by atoms with Crippen molar-refractivity contribution < 1.29 is 9.53 Å². The fourth-order valence-corrected chi connectivity index (χ4v) is 1.48. The molecule has 0 saturated heterocycles. The Bertz CT molecular complexity index is 382. The van der Waals surface area contributed by atoms with Gasteiger partial charge in [-0.3, -0.25) is 4.79 Å². The van der Waals surface area contributed by atoms with E-state index < -0.39 is 6.04 Å². The molecule has 1 atom stereocenters. The molecular weight excluding hydrogens is 272 g/mol. The van der Waals surface area contributed by atoms with Crippen molar-refractivity contribution in [3.05, 3.63) is 22.7 Å². The van der Waals surface area contributed by atoms with Gasteiger partial charge in [-0.05, 0) is 34.5 Å². The number of nitrogens with one attached hydrogen (secondary N) is 1. The molecule has 1 aromatic rings. The number of hydrogen-bond donors (Lipinski definition) is 2. The summed E-state index contributed by atoms with van der Waals surface area (Å²) in [5, 5.41) is 2.74. The molecule has 0 spiro atoms. The first kappa shape index (κ1) is 13.0. The van der Waals surface area contributed by atoms with Crippen LogP contribution < -0.4 is 15.8 Å². The van der Waals surface area contributed by atoms with Crippen LogP contribution in [0.3, 0.4) is 0 Å². The smallest absolute Gasteiger partial charge is 0.241 e. The van der Waals surface area contributed by atoms with Gasteiger partial charge in [0, 0.05) is 10.5 Å². The Balaban J connectivity index is 2.83. The minimum Gasteiger partial charge on any atom is -0.497 e. The molecule has 0 aromatic heterocycles. The second-order valence-electron chi connectivity index (χ2n) is 3.35. The summed E-state index contributed by atoms with van der Waals surface area (Å²) in [5.74, 6) is 0.486. The number of benzene rings is 1. The fraction of sp³-hybridized carbons (Fsp3) is 0.364. The lowest BCUT2D eigenvalue weighted by Crippen LogP contribution is -2.34. The highest BCUT2D eigenvalue weighted by atomic mass is 79.9. The van der Waals surface area contributed by atoms with Crippen LogP contribution in [0.25, 0.3) is 0 Å². The van der Waals surface area contributed by atoms with Gasteiger partial charge in [-0.25, -0.2) is 0 Å². The molecule has 3 N–H and O–H groups in total. The minimum absolute atomic E-state index is 0.198. The predicted molar refractivity (Wildman–Crippen MR) is 67.6 cm³/mol. The van der Waals surface area contributed by atoms with Crippen molar-refractivity contribution in [1.29, 1.82) is 0 Å². The molecule has 88 valence electrons. The Kier molecular flexibility index (Phi) is 4.76. The number of hydrogen-bond acceptors (Lipinski definition) is 3. The summed E-state index contributed by atoms with van der Waals surface area (Å²) in [6, 6.07) is 4.87. The highest BCUT2D eigenvalue weighted by Crippen LogP contribution is 2.27. The Labute approximate surface area is 103 Å². The molecule has 0 radical (unpaired) electrons. The first-order chi connectivity index (χ1) is 7.58. The van der Waals surface area contributed by atoms with Crippen LogP contribution in [-0.4, -0.2) is 19.1 Å². The number of methoxy groups -OCH3 is 1. The number of carbonyl (C=O) groups excluding carboxylic acids is 1. The average Bonchev–Trinajstić information content (AvgIpc) is 2.30. The van der Waals surface area contributed by atoms with E-state index in [1.165, 1.54) is 0 Å². The monoisotopic (exact) mass is 286 g/mol. The Hall–Kier alpha value is -1.07. The normalized spacial score (nSPS) is 12.0. The minimum atomic E-state index is -0.488. The number of carbonyl (C=O) groups is 1. The van der Waals surface area contributed by atoms with Gasteiger partial charge in [0.1, 0.15) is 5.75 Å². The second kappa shape index (κ2) is 5.86. The summed E-state index contributed by atoms with van der Waals surface area (Å²) in [5.41, 5.74) is 6.29. The summed E-state index contributed by atoms with van der Waals surface area (Å²) < 4.78 is 5.87. The molecule has 0 heterocycles. The zero-order valence-corrected chi connectivity index (χ0v) is 10.9. The summed E-state index contributed by atoms with van der Waals surface area (Å²) in [7, 11) is 1.58. The highest BCUT2D eigenvalue weighted by Gasteiger charge is 2.12. The van der Waals surface area contributed by atoms with E-state index in [2.05, 4.69) is 21.2 Å². The van der Waals surface area contributed by atoms with Gasteiger partial charge in [-0.2, -0.15) is 0 Å². The molecule has 1 rings (SSSR count). The van der Waals surface area contributed by atoms with E-state index in [-0.39, 0.29) is 5.91 Å². The summed E-state index contributed by atoms with van der Waals surface area (Å²) >= 11 is 3.35. The van der Waals surface area contributed by atoms with E-state index in [4.69, 9.17) is 10.5 Å². The lowest BCUT2D eigenvalue weighted by Gasteiger charge is -2.12. The van der Waals surface area contributed by atoms with Crippen LogP contribution in [-0.2, 0) is 4.79 Å². The Morgan fingerprint density at radius 1 is 1.62 bits per heavy atom. The van der Waals surface area contributed by atoms with Crippen LogP contribution in [0.15, 0.2) is 22.7 Å². The lowest BCUT2D eigenvalue weighted by molar-refractivity contribution is -0.117. The molecule has 16 heavy (non-hydrogen) atoms. The van der Waals surface area contributed by atoms with Crippen molar-refractivity contribution in [2.24, 2.45) is 5.73 Å². The van der Waals surface area contributed by atoms with E-state index in [0.717, 1.165) is 4.47 Å². The Morgan fingerprint density at radius 2 is 2.31 bits per heavy atom. The standard InChI is InChI=1S/C11H15BrN2O2/c1-3-9(13)11(15)14-10-6-7(16-2)4-5-8(10)12/h4-6,9H,3,13H2,1-2H3,(H,14,15)/t9-/m1/s1. The van der Waals surface area contributed by atoms with Crippen LogP contribution >= 0.6 is 15.9 Å². The van der Waals surface area contributed by atoms with Gasteiger partial charge in [0.15, 0.2) is 0 Å². The van der Waals surface area contributed by atoms with Crippen LogP contribution in [0.4, 0.5) is 5.69 Å². The van der Waals surface area contributed by atoms with Gasteiger partial charge < -0.3 is 15.8 Å². The number of amides is 1. The van der Waals surface area contributed by atoms with Crippen LogP contribution in [0.2, 0.25) is 0 Å². The maximum absolute atomic E-state index is 11.6. The predicted octanol–water partition coefficient (Wildman–Crippen LogP) is 2.13. The number of anilines is 1. The third kappa shape index (κ3) is 3.21. The van der Waals surface area contributed by atoms with E-state index in [1.807, 2.05) is 13.0 Å². The third-order valence-corrected chi connectivity index (χ3v) is 2.90. The molecule has 0 saturated carbocycles. The van der Waals surface area contributed by atoms with Crippen molar-refractivity contribution in [2.45, 2.75) is 19.4 Å². The van der Waals surface area contributed by atoms with Crippen molar-refractivity contribution in [1.82, 2.24) is 0 Å². The van der Waals surface area contributed by atoms with E-state index in [1.54, 1.807) is 19.2 Å². The summed E-state index contributed by atoms with van der Waals surface area (Å²) in [4.78, 5) is 11.6. The third-order valence-electron chi connectivity index (χ3n) is 2.21. The van der Waals surface area contributed by atoms with E-state index in [9.17, 15) is 4.79 Å². The second-order valence-corrected chi connectivity index (χ2v) is 4.20. The van der Waals surface area contributed by atoms with E-state index in [0.29, 0.717) is 17.9 Å². The number of nitrogens with two attached hydrogens (primary N) is 1. The van der Waals surface area contributed by atoms with Crippen molar-refractivity contribution >= 4 is 27.5 Å². The number of ether oxygens (including phenoxy) is 1. The molecule has 0 aliphatic rings. The quantitative estimate of drug-likeness (QED) is 0.891. The Morgan fingerprint density at radius 3 is 2.88 bits per heavy atom. The van der Waals surface area contributed by atoms with Gasteiger partial charge in [0.05, 0.1) is 18.8 Å². The maximum atomic E-state index is 11.6. The SMILES string of the molecule is CC[C@@H](N)C(=O)Nc1cc(OC)ccc1Br. The van der Waals surface area contributed by atoms with E-state index >= 15 is 0 Å². The largest absolute Gasteiger partial charge is 0.497 e. The zero-order valence-electron chi connectivity index (χ0n) is 9.29. The zero-order chi connectivity index (χ0) is 12.1. The van der Waals surface area contributed by atoms with Crippen LogP contribution in [0, 0.1) is 0 Å². The van der Waals surface area contributed by atoms with Gasteiger partial charge in [-0.15, -0.1) is 0 Å². The van der Waals surface area contributed by atoms with Gasteiger partial charge in [0.2, 0.25) is 5.91 Å². The topological polar surface area (TPSA) is 64.4 Å². The van der Waals surface area contributed by atoms with Crippen LogP contribution in [0.5, 0.6) is 5.75 Å². The highest BCUT2D eigenvalue weighted by molar-refractivity contribution is 9.10. The molecule has 0 aliphatic carbocycles. The van der Waals surface area contributed by atoms with Gasteiger partial charge in [0.25, 0.3) is 0 Å². The van der Waals surface area contributed by atoms with Gasteiger partial charge >= 0.3 is 0 Å². The van der Waals surface area contributed by atoms with Crippen molar-refractivity contribution in [3.63, 3.8) is 0 Å². The van der Waals surface area contributed by atoms with Gasteiger partial charge in [-0.1, -0.05) is 6.92 Å². The van der Waals surface area contributed by atoms with Crippen molar-refractivity contribution in [2.75, 3.05) is 12.4 Å². The molecule has 0 bridgehead atoms. The first-order valence-electron chi connectivity index (χ1n) is 4.98. The molecule has 1 amide bonds. The molecular formula is C11H15BrN2O2. The average molecular weight is 287 g/mol. The number of rotatable bonds is 4. The molecule has 5 heteroatoms. The first-order valence-corrected chi connectivity index (χ1v) is 5.77. The maximum Gasteiger partial charge on any atom is 0.241 e. The molecule has 0 aliphatic heterocycles. The summed E-state index contributed by atoms with van der Waals surface area (Å²) in [6.07, 6.45) is 0.605. The lowest BCUT2D eigenvalue weighted by atomic mass is 10.2. The summed E-state index contributed by atoms with van der Waals surface area (Å²) in [6.45, 7) is 1.87. The number of halogens is 1. The molecule has 4 nitrogen and oxygen atoms in total. The molecule has 0 unspecified atom stereocenters. The van der Waals surface area contributed by atoms with Crippen molar-refractivity contribution in [3.8, 4) is 5.75 Å². The van der Waals surface area contributed by atoms with Crippen LogP contribution in [0.1, 0.15) is 13.3 Å².